The van der Waals surface area contributed by atoms with Crippen molar-refractivity contribution in [2.45, 2.75) is 41.5 Å². The van der Waals surface area contributed by atoms with Gasteiger partial charge < -0.3 is 13.7 Å². The molecule has 2 heterocycles. The maximum Gasteiger partial charge on any atom is 0.135 e. The van der Waals surface area contributed by atoms with Crippen molar-refractivity contribution in [2.24, 2.45) is 0 Å². The number of fused-ring (bicyclic) bond motifs is 2. The van der Waals surface area contributed by atoms with E-state index in [0.717, 1.165) is 27.6 Å². The molecule has 0 aliphatic carbocycles. The van der Waals surface area contributed by atoms with Crippen LogP contribution in [0, 0.1) is 0 Å². The summed E-state index contributed by atoms with van der Waals surface area (Å²) in [6, 6.07) is 18.0. The second kappa shape index (κ2) is 14.5. The Morgan fingerprint density at radius 1 is 0.593 bits per heavy atom. The molecule has 2 aromatic heterocycles. The lowest BCUT2D eigenvalue weighted by Gasteiger charge is -2.11. The first-order valence-electron chi connectivity index (χ1n) is 9.81. The van der Waals surface area contributed by atoms with Crippen LogP contribution in [0.15, 0.2) is 76.0 Å². The van der Waals surface area contributed by atoms with E-state index in [2.05, 4.69) is 17.0 Å². The molecular formula is C24H35NO2. The van der Waals surface area contributed by atoms with Crippen LogP contribution in [0.2, 0.25) is 0 Å². The fourth-order valence-corrected chi connectivity index (χ4v) is 2.13. The first-order valence-corrected chi connectivity index (χ1v) is 9.81. The van der Waals surface area contributed by atoms with E-state index >= 15 is 0 Å². The van der Waals surface area contributed by atoms with Crippen molar-refractivity contribution < 1.29 is 8.83 Å². The second-order valence-electron chi connectivity index (χ2n) is 5.00. The number of anilines is 1. The maximum atomic E-state index is 5.28. The predicted octanol–water partition coefficient (Wildman–Crippen LogP) is 8.01. The van der Waals surface area contributed by atoms with E-state index in [-0.39, 0.29) is 0 Å². The Hall–Kier alpha value is -2.68. The van der Waals surface area contributed by atoms with Crippen molar-refractivity contribution in [3.8, 4) is 0 Å². The van der Waals surface area contributed by atoms with Gasteiger partial charge in [-0.2, -0.15) is 0 Å². The predicted molar refractivity (Wildman–Crippen MR) is 121 cm³/mol. The quantitative estimate of drug-likeness (QED) is 0.340. The topological polar surface area (TPSA) is 29.5 Å². The number of nitrogens with zero attached hydrogens (tertiary/aromatic N) is 1. The molecule has 27 heavy (non-hydrogen) atoms. The van der Waals surface area contributed by atoms with E-state index in [4.69, 9.17) is 8.83 Å². The first-order chi connectivity index (χ1) is 13.2. The molecule has 0 radical (unpaired) electrons. The largest absolute Gasteiger partial charge is 0.464 e. The molecule has 2 aromatic carbocycles. The third-order valence-electron chi connectivity index (χ3n) is 3.32. The molecular weight excluding hydrogens is 334 g/mol. The molecule has 0 aliphatic heterocycles. The Morgan fingerprint density at radius 3 is 1.67 bits per heavy atom. The van der Waals surface area contributed by atoms with Gasteiger partial charge in [-0.15, -0.1) is 0 Å². The SMILES string of the molecule is CC.CC.CC.CN(C)c1ccc2ccoc2c1.c1ccc2occc2c1. The van der Waals surface area contributed by atoms with Gasteiger partial charge in [0, 0.05) is 36.6 Å². The first kappa shape index (κ1) is 24.3. The van der Waals surface area contributed by atoms with Crippen LogP contribution in [0.3, 0.4) is 0 Å². The lowest BCUT2D eigenvalue weighted by molar-refractivity contribution is 0.615. The van der Waals surface area contributed by atoms with Crippen molar-refractivity contribution in [3.63, 3.8) is 0 Å². The molecule has 3 heteroatoms. The lowest BCUT2D eigenvalue weighted by atomic mass is 10.2. The van der Waals surface area contributed by atoms with E-state index in [0.29, 0.717) is 0 Å². The number of para-hydroxylation sites is 1. The molecule has 148 valence electrons. The Balaban J connectivity index is 0.000000401. The summed E-state index contributed by atoms with van der Waals surface area (Å²) in [4.78, 5) is 2.06. The van der Waals surface area contributed by atoms with Crippen molar-refractivity contribution in [1.82, 2.24) is 0 Å². The summed E-state index contributed by atoms with van der Waals surface area (Å²) >= 11 is 0. The molecule has 3 nitrogen and oxygen atoms in total. The molecule has 0 amide bonds. The summed E-state index contributed by atoms with van der Waals surface area (Å²) in [5.74, 6) is 0. The Kier molecular flexibility index (Phi) is 13.0. The third kappa shape index (κ3) is 7.61. The van der Waals surface area contributed by atoms with Gasteiger partial charge in [-0.1, -0.05) is 59.7 Å². The zero-order chi connectivity index (χ0) is 20.7. The highest BCUT2D eigenvalue weighted by molar-refractivity contribution is 5.80. The van der Waals surface area contributed by atoms with Crippen LogP contribution in [-0.4, -0.2) is 14.1 Å². The zero-order valence-corrected chi connectivity index (χ0v) is 18.1. The van der Waals surface area contributed by atoms with Gasteiger partial charge in [-0.25, -0.2) is 0 Å². The normalized spacial score (nSPS) is 8.74. The Labute approximate surface area is 164 Å². The van der Waals surface area contributed by atoms with Crippen LogP contribution in [0.4, 0.5) is 5.69 Å². The highest BCUT2D eigenvalue weighted by Gasteiger charge is 1.99. The molecule has 0 saturated carbocycles. The average molecular weight is 370 g/mol. The molecule has 0 spiro atoms. The monoisotopic (exact) mass is 369 g/mol. The smallest absolute Gasteiger partial charge is 0.135 e. The number of rotatable bonds is 1. The second-order valence-corrected chi connectivity index (χ2v) is 5.00. The van der Waals surface area contributed by atoms with Gasteiger partial charge in [0.1, 0.15) is 11.2 Å². The van der Waals surface area contributed by atoms with E-state index < -0.39 is 0 Å². The van der Waals surface area contributed by atoms with E-state index in [1.165, 1.54) is 0 Å². The summed E-state index contributed by atoms with van der Waals surface area (Å²) in [5.41, 5.74) is 3.07. The minimum atomic E-state index is 0.946. The van der Waals surface area contributed by atoms with Crippen molar-refractivity contribution in [3.05, 3.63) is 67.1 Å². The average Bonchev–Trinajstić information content (AvgIpc) is 3.41. The third-order valence-corrected chi connectivity index (χ3v) is 3.32. The van der Waals surface area contributed by atoms with Gasteiger partial charge in [0.05, 0.1) is 12.5 Å². The molecule has 0 aliphatic rings. The van der Waals surface area contributed by atoms with Gasteiger partial charge in [0.25, 0.3) is 0 Å². The fraction of sp³-hybridized carbons (Fsp3) is 0.333. The summed E-state index contributed by atoms with van der Waals surface area (Å²) in [7, 11) is 4.04. The molecule has 0 unspecified atom stereocenters. The number of benzene rings is 2. The molecule has 0 fully saturated rings. The minimum Gasteiger partial charge on any atom is -0.464 e. The van der Waals surface area contributed by atoms with Crippen LogP contribution in [-0.2, 0) is 0 Å². The standard InChI is InChI=1S/C10H11NO.C8H6O.3C2H6/c1-11(2)9-4-3-8-5-6-12-10(8)7-9;1-2-4-8-7(3-1)5-6-9-8;3*1-2/h3-7H,1-2H3;1-6H;3*1-2H3. The van der Waals surface area contributed by atoms with Crippen LogP contribution in [0.25, 0.3) is 21.9 Å². The van der Waals surface area contributed by atoms with E-state index in [1.54, 1.807) is 12.5 Å². The van der Waals surface area contributed by atoms with Crippen molar-refractivity contribution in [1.29, 1.82) is 0 Å². The van der Waals surface area contributed by atoms with Crippen LogP contribution < -0.4 is 4.90 Å². The fourth-order valence-electron chi connectivity index (χ4n) is 2.13. The van der Waals surface area contributed by atoms with Gasteiger partial charge >= 0.3 is 0 Å². The molecule has 0 atom stereocenters. The summed E-state index contributed by atoms with van der Waals surface area (Å²) in [5, 5.41) is 2.32. The van der Waals surface area contributed by atoms with E-state index in [9.17, 15) is 0 Å². The highest BCUT2D eigenvalue weighted by Crippen LogP contribution is 2.21. The summed E-state index contributed by atoms with van der Waals surface area (Å²) in [6.45, 7) is 12.0. The molecule has 4 aromatic rings. The summed E-state index contributed by atoms with van der Waals surface area (Å²) in [6.07, 6.45) is 3.41. The molecule has 0 N–H and O–H groups in total. The molecule has 0 bridgehead atoms. The van der Waals surface area contributed by atoms with Crippen LogP contribution >= 0.6 is 0 Å². The van der Waals surface area contributed by atoms with Crippen molar-refractivity contribution >= 4 is 27.6 Å². The number of hydrogen-bond donors (Lipinski definition) is 0. The van der Waals surface area contributed by atoms with E-state index in [1.807, 2.05) is 98.1 Å². The number of hydrogen-bond acceptors (Lipinski definition) is 3. The van der Waals surface area contributed by atoms with Crippen LogP contribution in [0.5, 0.6) is 0 Å². The molecule has 4 rings (SSSR count). The van der Waals surface area contributed by atoms with Gasteiger partial charge in [0.2, 0.25) is 0 Å². The number of furan rings is 2. The van der Waals surface area contributed by atoms with Crippen LogP contribution in [0.1, 0.15) is 41.5 Å². The van der Waals surface area contributed by atoms with Gasteiger partial charge in [-0.05, 0) is 30.3 Å². The minimum absolute atomic E-state index is 0.946. The summed E-state index contributed by atoms with van der Waals surface area (Å²) < 4.78 is 10.4. The molecule has 0 saturated heterocycles. The highest BCUT2D eigenvalue weighted by atomic mass is 16.3. The van der Waals surface area contributed by atoms with Gasteiger partial charge in [0.15, 0.2) is 0 Å². The lowest BCUT2D eigenvalue weighted by Crippen LogP contribution is -2.07. The maximum absolute atomic E-state index is 5.28. The van der Waals surface area contributed by atoms with Crippen molar-refractivity contribution in [2.75, 3.05) is 19.0 Å². The Bertz CT molecular complexity index is 813. The zero-order valence-electron chi connectivity index (χ0n) is 18.1. The Morgan fingerprint density at radius 2 is 1.11 bits per heavy atom. The van der Waals surface area contributed by atoms with Gasteiger partial charge in [-0.3, -0.25) is 0 Å².